The lowest BCUT2D eigenvalue weighted by Crippen LogP contribution is -2.13. The molecule has 1 heterocycles. The number of nitrogens with one attached hydrogen (secondary N) is 1. The highest BCUT2D eigenvalue weighted by molar-refractivity contribution is 9.10. The number of aromatic nitrogens is 1. The summed E-state index contributed by atoms with van der Waals surface area (Å²) in [7, 11) is 0. The van der Waals surface area contributed by atoms with E-state index >= 15 is 0 Å². The molecule has 110 valence electrons. The predicted octanol–water partition coefficient (Wildman–Crippen LogP) is 4.01. The molecule has 0 atom stereocenters. The van der Waals surface area contributed by atoms with Crippen LogP contribution in [0, 0.1) is 6.92 Å². The maximum atomic E-state index is 12.3. The molecule has 7 heteroatoms. The predicted molar refractivity (Wildman–Crippen MR) is 77.7 cm³/mol. The molecule has 4 nitrogen and oxygen atoms in total. The molecule has 0 saturated carbocycles. The first kappa shape index (κ1) is 15.4. The number of alkyl halides is 2. The summed E-state index contributed by atoms with van der Waals surface area (Å²) in [6.07, 6.45) is 2.97. The SMILES string of the molecule is Cc1c(NC(=O)c2cncc(Br)c2)cccc1OC(F)F. The van der Waals surface area contributed by atoms with Gasteiger partial charge in [0.25, 0.3) is 5.91 Å². The van der Waals surface area contributed by atoms with E-state index in [-0.39, 0.29) is 11.7 Å². The summed E-state index contributed by atoms with van der Waals surface area (Å²) in [4.78, 5) is 16.0. The van der Waals surface area contributed by atoms with E-state index in [1.807, 2.05) is 0 Å². The molecule has 2 rings (SSSR count). The zero-order valence-corrected chi connectivity index (χ0v) is 12.5. The van der Waals surface area contributed by atoms with Gasteiger partial charge in [-0.25, -0.2) is 0 Å². The molecule has 0 fully saturated rings. The lowest BCUT2D eigenvalue weighted by atomic mass is 10.1. The van der Waals surface area contributed by atoms with Crippen molar-refractivity contribution in [3.8, 4) is 5.75 Å². The molecule has 0 aliphatic carbocycles. The van der Waals surface area contributed by atoms with Crippen molar-refractivity contribution in [3.63, 3.8) is 0 Å². The zero-order valence-electron chi connectivity index (χ0n) is 10.9. The quantitative estimate of drug-likeness (QED) is 0.900. The summed E-state index contributed by atoms with van der Waals surface area (Å²) in [5.74, 6) is -0.365. The number of carbonyl (C=O) groups excluding carboxylic acids is 1. The van der Waals surface area contributed by atoms with Crippen LogP contribution >= 0.6 is 15.9 Å². The van der Waals surface area contributed by atoms with E-state index in [2.05, 4.69) is 31.0 Å². The van der Waals surface area contributed by atoms with Crippen LogP contribution < -0.4 is 10.1 Å². The normalized spacial score (nSPS) is 10.5. The van der Waals surface area contributed by atoms with Crippen LogP contribution in [0.4, 0.5) is 14.5 Å². The molecule has 1 N–H and O–H groups in total. The van der Waals surface area contributed by atoms with Gasteiger partial charge in [-0.1, -0.05) is 6.07 Å². The summed E-state index contributed by atoms with van der Waals surface area (Å²) in [5.41, 5.74) is 1.18. The molecule has 0 radical (unpaired) electrons. The number of nitrogens with zero attached hydrogens (tertiary/aromatic N) is 1. The number of pyridine rings is 1. The molecule has 0 bridgehead atoms. The molecule has 0 spiro atoms. The average molecular weight is 357 g/mol. The third-order valence-corrected chi connectivity index (χ3v) is 3.15. The molecule has 21 heavy (non-hydrogen) atoms. The summed E-state index contributed by atoms with van der Waals surface area (Å²) in [6, 6.07) is 6.16. The number of carbonyl (C=O) groups is 1. The third kappa shape index (κ3) is 3.98. The summed E-state index contributed by atoms with van der Waals surface area (Å²) < 4.78 is 29.6. The van der Waals surface area contributed by atoms with Gasteiger partial charge in [0, 0.05) is 28.1 Å². The van der Waals surface area contributed by atoms with E-state index in [1.165, 1.54) is 18.3 Å². The Hall–Kier alpha value is -2.02. The number of ether oxygens (including phenoxy) is 1. The number of hydrogen-bond acceptors (Lipinski definition) is 3. The van der Waals surface area contributed by atoms with Crippen LogP contribution in [0.5, 0.6) is 5.75 Å². The van der Waals surface area contributed by atoms with E-state index in [0.29, 0.717) is 21.3 Å². The Morgan fingerprint density at radius 1 is 1.38 bits per heavy atom. The Morgan fingerprint density at radius 3 is 2.81 bits per heavy atom. The van der Waals surface area contributed by atoms with Crippen LogP contribution in [0.25, 0.3) is 0 Å². The summed E-state index contributed by atoms with van der Waals surface area (Å²) >= 11 is 3.22. The average Bonchev–Trinajstić information content (AvgIpc) is 2.42. The van der Waals surface area contributed by atoms with Gasteiger partial charge in [-0.2, -0.15) is 8.78 Å². The fourth-order valence-electron chi connectivity index (χ4n) is 1.70. The summed E-state index contributed by atoms with van der Waals surface area (Å²) in [5, 5.41) is 2.64. The second kappa shape index (κ2) is 6.62. The number of amides is 1. The maximum Gasteiger partial charge on any atom is 0.387 e. The lowest BCUT2D eigenvalue weighted by molar-refractivity contribution is -0.0502. The molecule has 1 aromatic carbocycles. The minimum absolute atomic E-state index is 0.0233. The van der Waals surface area contributed by atoms with Crippen molar-refractivity contribution in [2.75, 3.05) is 5.32 Å². The standard InChI is InChI=1S/C14H11BrF2N2O2/c1-8-11(3-2-4-12(8)21-14(16)17)19-13(20)9-5-10(15)7-18-6-9/h2-7,14H,1H3,(H,19,20). The minimum Gasteiger partial charge on any atom is -0.434 e. The number of rotatable bonds is 4. The molecule has 0 aliphatic heterocycles. The second-order valence-corrected chi connectivity index (χ2v) is 5.07. The third-order valence-electron chi connectivity index (χ3n) is 2.72. The van der Waals surface area contributed by atoms with Crippen molar-refractivity contribution in [3.05, 3.63) is 52.3 Å². The highest BCUT2D eigenvalue weighted by atomic mass is 79.9. The minimum atomic E-state index is -2.91. The van der Waals surface area contributed by atoms with Gasteiger partial charge in [-0.05, 0) is 41.1 Å². The Morgan fingerprint density at radius 2 is 2.14 bits per heavy atom. The van der Waals surface area contributed by atoms with E-state index < -0.39 is 6.61 Å². The number of hydrogen-bond donors (Lipinski definition) is 1. The second-order valence-electron chi connectivity index (χ2n) is 4.15. The highest BCUT2D eigenvalue weighted by Crippen LogP contribution is 2.27. The Labute approximate surface area is 128 Å². The molecular formula is C14H11BrF2N2O2. The lowest BCUT2D eigenvalue weighted by Gasteiger charge is -2.13. The molecule has 1 amide bonds. The van der Waals surface area contributed by atoms with Crippen LogP contribution in [0.3, 0.4) is 0 Å². The van der Waals surface area contributed by atoms with Crippen molar-refractivity contribution in [1.29, 1.82) is 0 Å². The van der Waals surface area contributed by atoms with E-state index in [4.69, 9.17) is 0 Å². The first-order valence-corrected chi connectivity index (χ1v) is 6.73. The van der Waals surface area contributed by atoms with Crippen molar-refractivity contribution in [2.24, 2.45) is 0 Å². The van der Waals surface area contributed by atoms with Gasteiger partial charge in [-0.3, -0.25) is 9.78 Å². The van der Waals surface area contributed by atoms with Gasteiger partial charge in [0.1, 0.15) is 5.75 Å². The Kier molecular flexibility index (Phi) is 4.85. The van der Waals surface area contributed by atoms with Crippen molar-refractivity contribution in [1.82, 2.24) is 4.98 Å². The fourth-order valence-corrected chi connectivity index (χ4v) is 2.07. The number of halogens is 3. The van der Waals surface area contributed by atoms with Crippen LogP contribution in [0.1, 0.15) is 15.9 Å². The van der Waals surface area contributed by atoms with E-state index in [9.17, 15) is 13.6 Å². The van der Waals surface area contributed by atoms with Crippen molar-refractivity contribution in [2.45, 2.75) is 13.5 Å². The first-order chi connectivity index (χ1) is 9.97. The van der Waals surface area contributed by atoms with Gasteiger partial charge in [0.05, 0.1) is 5.56 Å². The van der Waals surface area contributed by atoms with Crippen molar-refractivity contribution >= 4 is 27.5 Å². The van der Waals surface area contributed by atoms with Gasteiger partial charge >= 0.3 is 6.61 Å². The zero-order chi connectivity index (χ0) is 15.4. The molecule has 0 unspecified atom stereocenters. The highest BCUT2D eigenvalue weighted by Gasteiger charge is 2.13. The van der Waals surface area contributed by atoms with Crippen LogP contribution in [-0.2, 0) is 0 Å². The van der Waals surface area contributed by atoms with Crippen LogP contribution in [-0.4, -0.2) is 17.5 Å². The smallest absolute Gasteiger partial charge is 0.387 e. The largest absolute Gasteiger partial charge is 0.434 e. The monoisotopic (exact) mass is 356 g/mol. The molecule has 2 aromatic rings. The molecular weight excluding hydrogens is 346 g/mol. The van der Waals surface area contributed by atoms with Crippen LogP contribution in [0.2, 0.25) is 0 Å². The fraction of sp³-hybridized carbons (Fsp3) is 0.143. The van der Waals surface area contributed by atoms with Gasteiger partial charge in [0.15, 0.2) is 0 Å². The number of benzene rings is 1. The van der Waals surface area contributed by atoms with Crippen molar-refractivity contribution < 1.29 is 18.3 Å². The van der Waals surface area contributed by atoms with Gasteiger partial charge in [-0.15, -0.1) is 0 Å². The molecule has 0 aliphatic rings. The Balaban J connectivity index is 2.21. The maximum absolute atomic E-state index is 12.3. The van der Waals surface area contributed by atoms with E-state index in [1.54, 1.807) is 25.3 Å². The Bertz CT molecular complexity index is 665. The molecule has 0 saturated heterocycles. The number of anilines is 1. The van der Waals surface area contributed by atoms with Crippen LogP contribution in [0.15, 0.2) is 41.1 Å². The molecule has 1 aromatic heterocycles. The topological polar surface area (TPSA) is 51.2 Å². The summed E-state index contributed by atoms with van der Waals surface area (Å²) in [6.45, 7) is -1.32. The first-order valence-electron chi connectivity index (χ1n) is 5.93. The van der Waals surface area contributed by atoms with Gasteiger partial charge in [0.2, 0.25) is 0 Å². The van der Waals surface area contributed by atoms with E-state index in [0.717, 1.165) is 0 Å². The van der Waals surface area contributed by atoms with Gasteiger partial charge < -0.3 is 10.1 Å².